The molecule has 0 saturated heterocycles. The van der Waals surface area contributed by atoms with Crippen LogP contribution in [0.5, 0.6) is 0 Å². The molecular formula is C21H12N2O2S. The smallest absolute Gasteiger partial charge is 0.197 e. The van der Waals surface area contributed by atoms with Crippen molar-refractivity contribution in [2.75, 3.05) is 0 Å². The number of thiophene rings is 1. The van der Waals surface area contributed by atoms with Gasteiger partial charge in [-0.1, -0.05) is 24.3 Å². The standard InChI is InChI=1S/C21H12N2O2S/c24-19-15-5-1-2-6-16(15)20(25)17(19)12-14-7-8-18(26-14)23-11-9-13-4-3-10-22-21(13)23/h1-12H. The van der Waals surface area contributed by atoms with Gasteiger partial charge in [-0.05, 0) is 36.4 Å². The van der Waals surface area contributed by atoms with E-state index in [4.69, 9.17) is 0 Å². The van der Waals surface area contributed by atoms with Crippen molar-refractivity contribution in [2.45, 2.75) is 0 Å². The number of nitrogens with zero attached hydrogens (tertiary/aromatic N) is 2. The first kappa shape index (κ1) is 15.0. The van der Waals surface area contributed by atoms with Gasteiger partial charge in [0, 0.05) is 33.8 Å². The molecule has 0 bridgehead atoms. The van der Waals surface area contributed by atoms with Crippen LogP contribution < -0.4 is 0 Å². The molecule has 1 aliphatic rings. The number of carbonyl (C=O) groups is 2. The Balaban J connectivity index is 1.55. The summed E-state index contributed by atoms with van der Waals surface area (Å²) in [7, 11) is 0. The zero-order valence-corrected chi connectivity index (χ0v) is 14.4. The highest BCUT2D eigenvalue weighted by molar-refractivity contribution is 7.15. The molecule has 0 saturated carbocycles. The van der Waals surface area contributed by atoms with E-state index in [1.807, 2.05) is 41.1 Å². The maximum Gasteiger partial charge on any atom is 0.197 e. The third-order valence-electron chi connectivity index (χ3n) is 4.49. The zero-order chi connectivity index (χ0) is 17.7. The number of carbonyl (C=O) groups excluding carboxylic acids is 2. The molecule has 1 aromatic carbocycles. The normalized spacial score (nSPS) is 13.5. The number of ketones is 2. The van der Waals surface area contributed by atoms with E-state index < -0.39 is 0 Å². The third-order valence-corrected chi connectivity index (χ3v) is 5.52. The van der Waals surface area contributed by atoms with Crippen LogP contribution in [0.1, 0.15) is 25.6 Å². The van der Waals surface area contributed by atoms with Crippen LogP contribution in [0, 0.1) is 0 Å². The monoisotopic (exact) mass is 356 g/mol. The predicted octanol–water partition coefficient (Wildman–Crippen LogP) is 4.55. The van der Waals surface area contributed by atoms with Crippen molar-refractivity contribution in [2.24, 2.45) is 0 Å². The first-order chi connectivity index (χ1) is 12.7. The van der Waals surface area contributed by atoms with Crippen LogP contribution in [0.25, 0.3) is 22.1 Å². The second-order valence-corrected chi connectivity index (χ2v) is 7.13. The van der Waals surface area contributed by atoms with Gasteiger partial charge in [-0.25, -0.2) is 4.98 Å². The molecule has 0 aliphatic heterocycles. The molecule has 124 valence electrons. The largest absolute Gasteiger partial charge is 0.292 e. The van der Waals surface area contributed by atoms with Gasteiger partial charge in [-0.2, -0.15) is 0 Å². The molecule has 3 aromatic heterocycles. The Kier molecular flexibility index (Phi) is 3.23. The second kappa shape index (κ2) is 5.61. The summed E-state index contributed by atoms with van der Waals surface area (Å²) in [4.78, 5) is 30.3. The molecule has 4 nitrogen and oxygen atoms in total. The van der Waals surface area contributed by atoms with E-state index in [1.165, 1.54) is 11.3 Å². The molecule has 5 rings (SSSR count). The number of pyridine rings is 1. The molecule has 26 heavy (non-hydrogen) atoms. The molecule has 0 N–H and O–H groups in total. The average molecular weight is 356 g/mol. The molecular weight excluding hydrogens is 344 g/mol. The summed E-state index contributed by atoms with van der Waals surface area (Å²) in [6.07, 6.45) is 5.43. The van der Waals surface area contributed by atoms with Crippen LogP contribution in [-0.4, -0.2) is 21.1 Å². The quantitative estimate of drug-likeness (QED) is 0.391. The van der Waals surface area contributed by atoms with Crippen molar-refractivity contribution in [3.05, 3.63) is 88.6 Å². The Morgan fingerprint density at radius 1 is 0.885 bits per heavy atom. The Morgan fingerprint density at radius 2 is 1.65 bits per heavy atom. The molecule has 5 heteroatoms. The number of benzene rings is 1. The van der Waals surface area contributed by atoms with E-state index in [9.17, 15) is 9.59 Å². The molecule has 0 atom stereocenters. The summed E-state index contributed by atoms with van der Waals surface area (Å²) < 4.78 is 2.01. The van der Waals surface area contributed by atoms with Crippen LogP contribution in [0.15, 0.2) is 72.6 Å². The lowest BCUT2D eigenvalue weighted by Crippen LogP contribution is -1.99. The van der Waals surface area contributed by atoms with Crippen LogP contribution in [0.2, 0.25) is 0 Å². The van der Waals surface area contributed by atoms with Crippen molar-refractivity contribution in [3.63, 3.8) is 0 Å². The Labute approximate surface area is 153 Å². The first-order valence-electron chi connectivity index (χ1n) is 8.15. The zero-order valence-electron chi connectivity index (χ0n) is 13.5. The van der Waals surface area contributed by atoms with Gasteiger partial charge in [0.1, 0.15) is 10.6 Å². The number of hydrogen-bond donors (Lipinski definition) is 0. The number of allylic oxidation sites excluding steroid dienone is 1. The number of fused-ring (bicyclic) bond motifs is 2. The number of Topliss-reactive ketones (excluding diaryl/α,β-unsaturated/α-hetero) is 2. The van der Waals surface area contributed by atoms with Crippen LogP contribution in [0.3, 0.4) is 0 Å². The second-order valence-electron chi connectivity index (χ2n) is 6.04. The Bertz CT molecular complexity index is 1190. The van der Waals surface area contributed by atoms with Gasteiger partial charge in [0.25, 0.3) is 0 Å². The Morgan fingerprint density at radius 3 is 2.42 bits per heavy atom. The van der Waals surface area contributed by atoms with E-state index in [2.05, 4.69) is 4.98 Å². The maximum absolute atomic E-state index is 12.5. The fourth-order valence-electron chi connectivity index (χ4n) is 3.24. The van der Waals surface area contributed by atoms with E-state index in [-0.39, 0.29) is 17.1 Å². The van der Waals surface area contributed by atoms with Crippen molar-refractivity contribution in [1.29, 1.82) is 0 Å². The fraction of sp³-hybridized carbons (Fsp3) is 0. The Hall–Kier alpha value is -3.31. The summed E-state index contributed by atoms with van der Waals surface area (Å²) in [6, 6.07) is 16.8. The molecule has 0 amide bonds. The molecule has 4 aromatic rings. The molecule has 3 heterocycles. The van der Waals surface area contributed by atoms with E-state index in [0.717, 1.165) is 20.9 Å². The molecule has 0 radical (unpaired) electrons. The van der Waals surface area contributed by atoms with Gasteiger partial charge in [-0.3, -0.25) is 14.2 Å². The number of rotatable bonds is 2. The summed E-state index contributed by atoms with van der Waals surface area (Å²) in [6.45, 7) is 0. The lowest BCUT2D eigenvalue weighted by atomic mass is 10.1. The van der Waals surface area contributed by atoms with Gasteiger partial charge in [0.15, 0.2) is 11.6 Å². The number of aromatic nitrogens is 2. The summed E-state index contributed by atoms with van der Waals surface area (Å²) in [5.74, 6) is -0.401. The van der Waals surface area contributed by atoms with E-state index in [0.29, 0.717) is 11.1 Å². The van der Waals surface area contributed by atoms with E-state index in [1.54, 1.807) is 36.5 Å². The average Bonchev–Trinajstić information content (AvgIpc) is 3.36. The van der Waals surface area contributed by atoms with Crippen LogP contribution >= 0.6 is 11.3 Å². The highest BCUT2D eigenvalue weighted by Gasteiger charge is 2.32. The lowest BCUT2D eigenvalue weighted by Gasteiger charge is -1.99. The van der Waals surface area contributed by atoms with Gasteiger partial charge >= 0.3 is 0 Å². The molecule has 0 spiro atoms. The molecule has 1 aliphatic carbocycles. The van der Waals surface area contributed by atoms with Gasteiger partial charge in [-0.15, -0.1) is 11.3 Å². The highest BCUT2D eigenvalue weighted by Crippen LogP contribution is 2.31. The third kappa shape index (κ3) is 2.18. The highest BCUT2D eigenvalue weighted by atomic mass is 32.1. The van der Waals surface area contributed by atoms with Crippen molar-refractivity contribution in [3.8, 4) is 5.00 Å². The van der Waals surface area contributed by atoms with Crippen molar-refractivity contribution < 1.29 is 9.59 Å². The van der Waals surface area contributed by atoms with Gasteiger partial charge in [0.2, 0.25) is 0 Å². The predicted molar refractivity (Wildman–Crippen MR) is 102 cm³/mol. The minimum atomic E-state index is -0.200. The summed E-state index contributed by atoms with van der Waals surface area (Å²) in [5, 5.41) is 2.05. The fourth-order valence-corrected chi connectivity index (χ4v) is 4.18. The topological polar surface area (TPSA) is 52.0 Å². The molecule has 0 unspecified atom stereocenters. The summed E-state index contributed by atoms with van der Waals surface area (Å²) in [5.41, 5.74) is 2.09. The van der Waals surface area contributed by atoms with Crippen molar-refractivity contribution >= 4 is 40.0 Å². The minimum absolute atomic E-state index is 0.200. The first-order valence-corrected chi connectivity index (χ1v) is 8.96. The number of hydrogen-bond acceptors (Lipinski definition) is 4. The van der Waals surface area contributed by atoms with Gasteiger partial charge in [0.05, 0.1) is 5.57 Å². The van der Waals surface area contributed by atoms with E-state index >= 15 is 0 Å². The maximum atomic E-state index is 12.5. The van der Waals surface area contributed by atoms with Crippen LogP contribution in [-0.2, 0) is 0 Å². The SMILES string of the molecule is O=C1C(=Cc2ccc(-n3ccc4cccnc43)s2)C(=O)c2ccccc21. The van der Waals surface area contributed by atoms with Crippen molar-refractivity contribution in [1.82, 2.24) is 9.55 Å². The van der Waals surface area contributed by atoms with Crippen LogP contribution in [0.4, 0.5) is 0 Å². The molecule has 0 fully saturated rings. The minimum Gasteiger partial charge on any atom is -0.292 e. The van der Waals surface area contributed by atoms with Gasteiger partial charge < -0.3 is 0 Å². The lowest BCUT2D eigenvalue weighted by molar-refractivity contribution is 0.0990. The summed E-state index contributed by atoms with van der Waals surface area (Å²) >= 11 is 1.52.